The van der Waals surface area contributed by atoms with Crippen LogP contribution in [0.4, 0.5) is 5.69 Å². The summed E-state index contributed by atoms with van der Waals surface area (Å²) in [6, 6.07) is 15.0. The molecule has 0 aliphatic carbocycles. The monoisotopic (exact) mass is 457 g/mol. The highest BCUT2D eigenvalue weighted by molar-refractivity contribution is 7.89. The van der Waals surface area contributed by atoms with Crippen LogP contribution in [0.1, 0.15) is 17.5 Å². The summed E-state index contributed by atoms with van der Waals surface area (Å²) in [5, 5.41) is 2.71. The van der Waals surface area contributed by atoms with Gasteiger partial charge in [-0.1, -0.05) is 30.3 Å². The van der Waals surface area contributed by atoms with Crippen molar-refractivity contribution in [3.63, 3.8) is 0 Å². The number of carbonyl (C=O) groups excluding carboxylic acids is 2. The largest absolute Gasteiger partial charge is 0.497 e. The number of fused-ring (bicyclic) bond motifs is 1. The van der Waals surface area contributed by atoms with Crippen molar-refractivity contribution in [2.24, 2.45) is 5.92 Å². The molecule has 8 nitrogen and oxygen atoms in total. The molecule has 2 heterocycles. The Kier molecular flexibility index (Phi) is 6.48. The van der Waals surface area contributed by atoms with Crippen LogP contribution in [0.3, 0.4) is 0 Å². The quantitative estimate of drug-likeness (QED) is 0.681. The van der Waals surface area contributed by atoms with Crippen LogP contribution in [0.15, 0.2) is 48.5 Å². The number of ether oxygens (including phenoxy) is 1. The van der Waals surface area contributed by atoms with Crippen molar-refractivity contribution in [3.05, 3.63) is 59.7 Å². The first-order valence-electron chi connectivity index (χ1n) is 10.6. The number of benzene rings is 2. The molecule has 1 N–H and O–H groups in total. The lowest BCUT2D eigenvalue weighted by Crippen LogP contribution is -2.41. The molecule has 32 heavy (non-hydrogen) atoms. The van der Waals surface area contributed by atoms with Gasteiger partial charge in [0.05, 0.1) is 18.8 Å². The van der Waals surface area contributed by atoms with Gasteiger partial charge >= 0.3 is 0 Å². The predicted octanol–water partition coefficient (Wildman–Crippen LogP) is 1.55. The molecule has 1 unspecified atom stereocenters. The van der Waals surface area contributed by atoms with E-state index >= 15 is 0 Å². The fourth-order valence-electron chi connectivity index (χ4n) is 4.20. The van der Waals surface area contributed by atoms with Crippen molar-refractivity contribution in [1.82, 2.24) is 9.62 Å². The summed E-state index contributed by atoms with van der Waals surface area (Å²) in [5.41, 5.74) is 2.88. The highest BCUT2D eigenvalue weighted by Gasteiger charge is 2.35. The molecule has 2 aliphatic heterocycles. The summed E-state index contributed by atoms with van der Waals surface area (Å²) in [6.45, 7) is 1.08. The van der Waals surface area contributed by atoms with E-state index in [1.54, 1.807) is 36.3 Å². The van der Waals surface area contributed by atoms with Gasteiger partial charge in [0.15, 0.2) is 0 Å². The molecule has 1 saturated heterocycles. The Hall–Kier alpha value is -2.91. The Balaban J connectivity index is 1.30. The normalized spacial score (nSPS) is 19.0. The molecule has 2 aromatic rings. The standard InChI is InChI=1S/C23H27N3O5S/c1-31-21-8-4-7-20(14-21)26-16-19(13-22(26)27)23(28)24-10-12-32(29,30)25-11-9-17-5-2-3-6-18(17)15-25/h2-8,14,19H,9-13,15-16H2,1H3,(H,24,28). The zero-order valence-corrected chi connectivity index (χ0v) is 18.8. The van der Waals surface area contributed by atoms with Crippen molar-refractivity contribution in [2.75, 3.05) is 37.4 Å². The minimum absolute atomic E-state index is 0.0170. The van der Waals surface area contributed by atoms with Gasteiger partial charge in [-0.25, -0.2) is 8.42 Å². The predicted molar refractivity (Wildman–Crippen MR) is 121 cm³/mol. The molecular formula is C23H27N3O5S. The number of hydrogen-bond donors (Lipinski definition) is 1. The Morgan fingerprint density at radius 2 is 1.94 bits per heavy atom. The Morgan fingerprint density at radius 1 is 1.16 bits per heavy atom. The maximum atomic E-state index is 12.7. The number of anilines is 1. The van der Waals surface area contributed by atoms with Gasteiger partial charge in [0.2, 0.25) is 21.8 Å². The van der Waals surface area contributed by atoms with E-state index < -0.39 is 15.9 Å². The lowest BCUT2D eigenvalue weighted by Gasteiger charge is -2.28. The molecule has 9 heteroatoms. The van der Waals surface area contributed by atoms with E-state index in [1.165, 1.54) is 9.87 Å². The molecule has 1 atom stereocenters. The van der Waals surface area contributed by atoms with Crippen LogP contribution in [0.5, 0.6) is 5.75 Å². The zero-order valence-electron chi connectivity index (χ0n) is 18.0. The topological polar surface area (TPSA) is 96.0 Å². The second kappa shape index (κ2) is 9.30. The number of rotatable bonds is 7. The summed E-state index contributed by atoms with van der Waals surface area (Å²) in [5.74, 6) is -0.491. The van der Waals surface area contributed by atoms with Gasteiger partial charge in [-0.15, -0.1) is 0 Å². The summed E-state index contributed by atoms with van der Waals surface area (Å²) >= 11 is 0. The van der Waals surface area contributed by atoms with Gasteiger partial charge < -0.3 is 15.0 Å². The third-order valence-electron chi connectivity index (χ3n) is 6.01. The molecule has 0 radical (unpaired) electrons. The maximum Gasteiger partial charge on any atom is 0.227 e. The highest BCUT2D eigenvalue weighted by atomic mass is 32.2. The van der Waals surface area contributed by atoms with Crippen molar-refractivity contribution >= 4 is 27.5 Å². The number of nitrogens with one attached hydrogen (secondary N) is 1. The summed E-state index contributed by atoms with van der Waals surface area (Å²) in [6.07, 6.45) is 0.782. The molecule has 0 spiro atoms. The lowest BCUT2D eigenvalue weighted by molar-refractivity contribution is -0.126. The molecule has 0 aromatic heterocycles. The van der Waals surface area contributed by atoms with Gasteiger partial charge in [0.1, 0.15) is 5.75 Å². The van der Waals surface area contributed by atoms with E-state index in [0.717, 1.165) is 5.56 Å². The second-order valence-corrected chi connectivity index (χ2v) is 10.2. The van der Waals surface area contributed by atoms with E-state index in [0.29, 0.717) is 30.9 Å². The SMILES string of the molecule is COc1cccc(N2CC(C(=O)NCCS(=O)(=O)N3CCc4ccccc4C3)CC2=O)c1. The Labute approximate surface area is 188 Å². The minimum atomic E-state index is -3.49. The number of nitrogens with zero attached hydrogens (tertiary/aromatic N) is 2. The third kappa shape index (κ3) is 4.78. The number of amides is 2. The zero-order chi connectivity index (χ0) is 22.7. The fourth-order valence-corrected chi connectivity index (χ4v) is 5.52. The highest BCUT2D eigenvalue weighted by Crippen LogP contribution is 2.28. The Morgan fingerprint density at radius 3 is 2.72 bits per heavy atom. The number of sulfonamides is 1. The first-order chi connectivity index (χ1) is 15.4. The van der Waals surface area contributed by atoms with Crippen LogP contribution in [0, 0.1) is 5.92 Å². The molecular weight excluding hydrogens is 430 g/mol. The first kappa shape index (κ1) is 22.3. The van der Waals surface area contributed by atoms with Crippen LogP contribution in [0.2, 0.25) is 0 Å². The summed E-state index contributed by atoms with van der Waals surface area (Å²) in [4.78, 5) is 26.6. The van der Waals surface area contributed by atoms with E-state index in [1.807, 2.05) is 24.3 Å². The van der Waals surface area contributed by atoms with Gasteiger partial charge in [0, 0.05) is 44.4 Å². The van der Waals surface area contributed by atoms with Crippen LogP contribution >= 0.6 is 0 Å². The van der Waals surface area contributed by atoms with Crippen molar-refractivity contribution in [2.45, 2.75) is 19.4 Å². The van der Waals surface area contributed by atoms with Gasteiger partial charge in [-0.3, -0.25) is 9.59 Å². The van der Waals surface area contributed by atoms with E-state index in [2.05, 4.69) is 5.32 Å². The molecule has 4 rings (SSSR count). The fraction of sp³-hybridized carbons (Fsp3) is 0.391. The molecule has 0 bridgehead atoms. The molecule has 170 valence electrons. The first-order valence-corrected chi connectivity index (χ1v) is 12.2. The smallest absolute Gasteiger partial charge is 0.227 e. The van der Waals surface area contributed by atoms with Crippen molar-refractivity contribution in [3.8, 4) is 5.75 Å². The van der Waals surface area contributed by atoms with Crippen LogP contribution < -0.4 is 15.0 Å². The second-order valence-electron chi connectivity index (χ2n) is 8.07. The number of hydrogen-bond acceptors (Lipinski definition) is 5. The number of carbonyl (C=O) groups is 2. The average Bonchev–Trinajstić information content (AvgIpc) is 3.20. The lowest BCUT2D eigenvalue weighted by atomic mass is 10.0. The molecule has 2 aliphatic rings. The summed E-state index contributed by atoms with van der Waals surface area (Å²) in [7, 11) is -1.94. The molecule has 2 amide bonds. The van der Waals surface area contributed by atoms with Crippen molar-refractivity contribution in [1.29, 1.82) is 0 Å². The van der Waals surface area contributed by atoms with Gasteiger partial charge in [0.25, 0.3) is 0 Å². The molecule has 2 aromatic carbocycles. The van der Waals surface area contributed by atoms with E-state index in [-0.39, 0.29) is 37.1 Å². The molecule has 0 saturated carbocycles. The van der Waals surface area contributed by atoms with Crippen molar-refractivity contribution < 1.29 is 22.7 Å². The van der Waals surface area contributed by atoms with Crippen LogP contribution in [0.25, 0.3) is 0 Å². The van der Waals surface area contributed by atoms with Gasteiger partial charge in [-0.2, -0.15) is 4.31 Å². The molecule has 1 fully saturated rings. The van der Waals surface area contributed by atoms with E-state index in [9.17, 15) is 18.0 Å². The third-order valence-corrected chi connectivity index (χ3v) is 7.83. The van der Waals surface area contributed by atoms with E-state index in [4.69, 9.17) is 4.74 Å². The van der Waals surface area contributed by atoms with Gasteiger partial charge in [-0.05, 0) is 29.7 Å². The number of methoxy groups -OCH3 is 1. The average molecular weight is 458 g/mol. The maximum absolute atomic E-state index is 12.7. The van der Waals surface area contributed by atoms with Crippen LogP contribution in [-0.4, -0.2) is 57.0 Å². The minimum Gasteiger partial charge on any atom is -0.497 e. The van der Waals surface area contributed by atoms with Crippen LogP contribution in [-0.2, 0) is 32.6 Å². The Bertz CT molecular complexity index is 1120. The summed E-state index contributed by atoms with van der Waals surface area (Å²) < 4.78 is 32.2.